The molecule has 0 fully saturated rings. The number of unbranched alkanes of at least 4 members (excludes halogenated alkanes) is 11. The Morgan fingerprint density at radius 1 is 0.667 bits per heavy atom. The Morgan fingerprint density at radius 3 is 1.48 bits per heavy atom. The molecule has 21 heavy (non-hydrogen) atoms. The van der Waals surface area contributed by atoms with Gasteiger partial charge in [-0.1, -0.05) is 84.0 Å². The van der Waals surface area contributed by atoms with Crippen LogP contribution in [0.1, 0.15) is 97.3 Å². The highest BCUT2D eigenvalue weighted by Crippen LogP contribution is 2.31. The van der Waals surface area contributed by atoms with Crippen LogP contribution in [0.25, 0.3) is 0 Å². The SMILES string of the molecule is CCCCCCCCCCCCCCC(C)(CSC)SC. The minimum atomic E-state index is 0.512. The maximum absolute atomic E-state index is 2.44. The van der Waals surface area contributed by atoms with Gasteiger partial charge in [-0.05, 0) is 25.9 Å². The molecule has 0 aliphatic rings. The van der Waals surface area contributed by atoms with Crippen LogP contribution < -0.4 is 0 Å². The summed E-state index contributed by atoms with van der Waals surface area (Å²) in [6.07, 6.45) is 23.3. The molecule has 0 aliphatic heterocycles. The Hall–Kier alpha value is 0.700. The van der Waals surface area contributed by atoms with Gasteiger partial charge in [0.05, 0.1) is 0 Å². The van der Waals surface area contributed by atoms with Crippen molar-refractivity contribution in [2.24, 2.45) is 0 Å². The topological polar surface area (TPSA) is 0 Å². The maximum Gasteiger partial charge on any atom is 0.0219 e. The lowest BCUT2D eigenvalue weighted by Gasteiger charge is -2.26. The van der Waals surface area contributed by atoms with Crippen LogP contribution in [-0.4, -0.2) is 23.0 Å². The summed E-state index contributed by atoms with van der Waals surface area (Å²) < 4.78 is 0.512. The first-order valence-corrected chi connectivity index (χ1v) is 11.8. The van der Waals surface area contributed by atoms with Crippen molar-refractivity contribution in [3.63, 3.8) is 0 Å². The first-order chi connectivity index (χ1) is 10.2. The van der Waals surface area contributed by atoms with Gasteiger partial charge in [-0.3, -0.25) is 0 Å². The van der Waals surface area contributed by atoms with Crippen LogP contribution in [-0.2, 0) is 0 Å². The van der Waals surface area contributed by atoms with Crippen LogP contribution in [0.3, 0.4) is 0 Å². The summed E-state index contributed by atoms with van der Waals surface area (Å²) in [6.45, 7) is 4.73. The second-order valence-electron chi connectivity index (χ2n) is 6.73. The third kappa shape index (κ3) is 14.0. The summed E-state index contributed by atoms with van der Waals surface area (Å²) in [5, 5.41) is 0. The molecule has 0 aromatic rings. The molecule has 0 aromatic heterocycles. The van der Waals surface area contributed by atoms with Gasteiger partial charge in [-0.25, -0.2) is 0 Å². The first-order valence-electron chi connectivity index (χ1n) is 9.22. The Kier molecular flexibility index (Phi) is 16.1. The largest absolute Gasteiger partial charge is 0.164 e. The predicted octanol–water partition coefficient (Wildman–Crippen LogP) is 7.56. The van der Waals surface area contributed by atoms with Crippen molar-refractivity contribution in [2.45, 2.75) is 102 Å². The van der Waals surface area contributed by atoms with Crippen molar-refractivity contribution < 1.29 is 0 Å². The molecular weight excluding hydrogens is 292 g/mol. The van der Waals surface area contributed by atoms with Crippen LogP contribution in [0.15, 0.2) is 0 Å². The van der Waals surface area contributed by atoms with Crippen molar-refractivity contribution in [2.75, 3.05) is 18.3 Å². The van der Waals surface area contributed by atoms with Gasteiger partial charge < -0.3 is 0 Å². The summed E-state index contributed by atoms with van der Waals surface area (Å²) in [6, 6.07) is 0. The van der Waals surface area contributed by atoms with Gasteiger partial charge in [0.2, 0.25) is 0 Å². The third-order valence-electron chi connectivity index (χ3n) is 4.50. The number of thioether (sulfide) groups is 2. The molecule has 0 aliphatic carbocycles. The molecule has 0 N–H and O–H groups in total. The molecule has 0 spiro atoms. The van der Waals surface area contributed by atoms with Gasteiger partial charge in [-0.15, -0.1) is 0 Å². The molecule has 0 aromatic carbocycles. The first kappa shape index (κ1) is 21.7. The van der Waals surface area contributed by atoms with E-state index in [0.717, 1.165) is 0 Å². The quantitative estimate of drug-likeness (QED) is 0.267. The standard InChI is InChI=1S/C19H40S2/c1-5-6-7-8-9-10-11-12-13-14-15-16-17-19(2,21-4)18-20-3/h5-18H2,1-4H3. The monoisotopic (exact) mass is 332 g/mol. The van der Waals surface area contributed by atoms with Crippen LogP contribution in [0.5, 0.6) is 0 Å². The minimum Gasteiger partial charge on any atom is -0.164 e. The smallest absolute Gasteiger partial charge is 0.0219 e. The second kappa shape index (κ2) is 15.6. The number of rotatable bonds is 16. The second-order valence-corrected chi connectivity index (χ2v) is 8.99. The maximum atomic E-state index is 2.44. The molecule has 1 atom stereocenters. The summed E-state index contributed by atoms with van der Waals surface area (Å²) in [7, 11) is 0. The van der Waals surface area contributed by atoms with Crippen LogP contribution >= 0.6 is 23.5 Å². The summed E-state index contributed by atoms with van der Waals surface area (Å²) in [4.78, 5) is 0. The van der Waals surface area contributed by atoms with Gasteiger partial charge in [0.25, 0.3) is 0 Å². The molecule has 0 radical (unpaired) electrons. The fourth-order valence-electron chi connectivity index (χ4n) is 2.88. The van der Waals surface area contributed by atoms with Crippen molar-refractivity contribution >= 4 is 23.5 Å². The van der Waals surface area contributed by atoms with Crippen molar-refractivity contribution in [3.05, 3.63) is 0 Å². The normalized spacial score (nSPS) is 14.3. The van der Waals surface area contributed by atoms with E-state index < -0.39 is 0 Å². The average Bonchev–Trinajstić information content (AvgIpc) is 2.48. The van der Waals surface area contributed by atoms with Crippen molar-refractivity contribution in [1.29, 1.82) is 0 Å². The minimum absolute atomic E-state index is 0.512. The molecule has 0 bridgehead atoms. The van der Waals surface area contributed by atoms with Gasteiger partial charge in [-0.2, -0.15) is 23.5 Å². The van der Waals surface area contributed by atoms with E-state index in [1.807, 2.05) is 11.8 Å². The fraction of sp³-hybridized carbons (Fsp3) is 1.00. The average molecular weight is 333 g/mol. The van der Waals surface area contributed by atoms with E-state index >= 15 is 0 Å². The number of hydrogen-bond donors (Lipinski definition) is 0. The summed E-state index contributed by atoms with van der Waals surface area (Å²) in [5.74, 6) is 1.30. The molecule has 128 valence electrons. The van der Waals surface area contributed by atoms with E-state index in [1.54, 1.807) is 0 Å². The molecule has 0 nitrogen and oxygen atoms in total. The molecule has 0 saturated carbocycles. The molecule has 0 rings (SSSR count). The van der Waals surface area contributed by atoms with E-state index in [4.69, 9.17) is 0 Å². The lowest BCUT2D eigenvalue weighted by molar-refractivity contribution is 0.524. The summed E-state index contributed by atoms with van der Waals surface area (Å²) in [5.41, 5.74) is 0. The van der Waals surface area contributed by atoms with E-state index in [9.17, 15) is 0 Å². The predicted molar refractivity (Wildman–Crippen MR) is 106 cm³/mol. The molecule has 0 saturated heterocycles. The Morgan fingerprint density at radius 2 is 1.10 bits per heavy atom. The van der Waals surface area contributed by atoms with Gasteiger partial charge in [0.1, 0.15) is 0 Å². The highest BCUT2D eigenvalue weighted by atomic mass is 32.2. The van der Waals surface area contributed by atoms with Crippen molar-refractivity contribution in [3.8, 4) is 0 Å². The van der Waals surface area contributed by atoms with Crippen molar-refractivity contribution in [1.82, 2.24) is 0 Å². The zero-order valence-corrected chi connectivity index (χ0v) is 16.8. The van der Waals surface area contributed by atoms with Gasteiger partial charge in [0.15, 0.2) is 0 Å². The highest BCUT2D eigenvalue weighted by molar-refractivity contribution is 8.03. The zero-order chi connectivity index (χ0) is 15.8. The Bertz CT molecular complexity index is 206. The van der Waals surface area contributed by atoms with Crippen LogP contribution in [0, 0.1) is 0 Å². The fourth-order valence-corrected chi connectivity index (χ4v) is 4.81. The lowest BCUT2D eigenvalue weighted by atomic mass is 10.0. The van der Waals surface area contributed by atoms with Crippen LogP contribution in [0.2, 0.25) is 0 Å². The third-order valence-corrected chi connectivity index (χ3v) is 6.94. The molecule has 0 heterocycles. The highest BCUT2D eigenvalue weighted by Gasteiger charge is 2.21. The summed E-state index contributed by atoms with van der Waals surface area (Å²) >= 11 is 4.06. The van der Waals surface area contributed by atoms with Gasteiger partial charge >= 0.3 is 0 Å². The molecule has 2 heteroatoms. The van der Waals surface area contributed by atoms with E-state index in [0.29, 0.717) is 4.75 Å². The Labute approximate surface area is 144 Å². The molecule has 1 unspecified atom stereocenters. The zero-order valence-electron chi connectivity index (χ0n) is 15.2. The van der Waals surface area contributed by atoms with E-state index in [2.05, 4.69) is 38.1 Å². The molecular formula is C19H40S2. The molecule has 0 amide bonds. The van der Waals surface area contributed by atoms with E-state index in [-0.39, 0.29) is 0 Å². The van der Waals surface area contributed by atoms with Gasteiger partial charge in [0, 0.05) is 10.5 Å². The lowest BCUT2D eigenvalue weighted by Crippen LogP contribution is -2.22. The van der Waals surface area contributed by atoms with E-state index in [1.165, 1.54) is 89.2 Å². The Balaban J connectivity index is 3.25. The van der Waals surface area contributed by atoms with Crippen LogP contribution in [0.4, 0.5) is 0 Å². The number of hydrogen-bond acceptors (Lipinski definition) is 2.